The zero-order valence-corrected chi connectivity index (χ0v) is 15.4. The van der Waals surface area contributed by atoms with Crippen molar-refractivity contribution in [2.24, 2.45) is 0 Å². The largest absolute Gasteiger partial charge is 0.497 e. The van der Waals surface area contributed by atoms with Crippen molar-refractivity contribution in [2.75, 3.05) is 19.0 Å². The second-order valence-electron chi connectivity index (χ2n) is 6.11. The van der Waals surface area contributed by atoms with Crippen LogP contribution in [0.3, 0.4) is 0 Å². The van der Waals surface area contributed by atoms with Gasteiger partial charge in [0.25, 0.3) is 5.91 Å². The van der Waals surface area contributed by atoms with E-state index < -0.39 is 0 Å². The fourth-order valence-electron chi connectivity index (χ4n) is 2.60. The highest BCUT2D eigenvalue weighted by molar-refractivity contribution is 5.92. The Morgan fingerprint density at radius 1 is 1.11 bits per heavy atom. The highest BCUT2D eigenvalue weighted by Crippen LogP contribution is 2.14. The normalized spacial score (nSPS) is 10.3. The Hall–Kier alpha value is -3.41. The Morgan fingerprint density at radius 2 is 1.93 bits per heavy atom. The number of ether oxygens (including phenoxy) is 1. The van der Waals surface area contributed by atoms with Gasteiger partial charge in [0.2, 0.25) is 5.95 Å². The first-order valence-electron chi connectivity index (χ1n) is 8.72. The molecular formula is C21H22N4O2. The van der Waals surface area contributed by atoms with E-state index in [1.165, 1.54) is 0 Å². The fraction of sp³-hybridized carbons (Fsp3) is 0.190. The van der Waals surface area contributed by atoms with Gasteiger partial charge in [0.1, 0.15) is 11.4 Å². The first kappa shape index (κ1) is 18.4. The number of anilines is 2. The number of nitrogens with one attached hydrogen (secondary N) is 2. The van der Waals surface area contributed by atoms with Gasteiger partial charge in [-0.1, -0.05) is 24.3 Å². The summed E-state index contributed by atoms with van der Waals surface area (Å²) in [6, 6.07) is 17.3. The Morgan fingerprint density at radius 3 is 2.67 bits per heavy atom. The molecule has 1 heterocycles. The van der Waals surface area contributed by atoms with Crippen molar-refractivity contribution < 1.29 is 9.53 Å². The maximum absolute atomic E-state index is 12.3. The lowest BCUT2D eigenvalue weighted by Gasteiger charge is -2.08. The molecule has 1 aromatic heterocycles. The molecule has 27 heavy (non-hydrogen) atoms. The van der Waals surface area contributed by atoms with Crippen LogP contribution in [0.5, 0.6) is 5.75 Å². The SMILES string of the molecule is COc1ccc(CCNC(=O)c2ccnc(Nc3cccc(C)c3)n2)cc1. The average Bonchev–Trinajstić information content (AvgIpc) is 2.69. The molecule has 0 aliphatic rings. The van der Waals surface area contributed by atoms with Crippen molar-refractivity contribution in [1.82, 2.24) is 15.3 Å². The summed E-state index contributed by atoms with van der Waals surface area (Å²) in [5.41, 5.74) is 3.47. The van der Waals surface area contributed by atoms with E-state index in [0.717, 1.165) is 29.0 Å². The molecule has 0 aliphatic carbocycles. The molecule has 0 bridgehead atoms. The van der Waals surface area contributed by atoms with Crippen LogP contribution >= 0.6 is 0 Å². The number of carbonyl (C=O) groups is 1. The minimum Gasteiger partial charge on any atom is -0.497 e. The smallest absolute Gasteiger partial charge is 0.270 e. The number of hydrogen-bond donors (Lipinski definition) is 2. The lowest BCUT2D eigenvalue weighted by molar-refractivity contribution is 0.0949. The summed E-state index contributed by atoms with van der Waals surface area (Å²) in [7, 11) is 1.64. The van der Waals surface area contributed by atoms with Crippen molar-refractivity contribution in [1.29, 1.82) is 0 Å². The number of hydrogen-bond acceptors (Lipinski definition) is 5. The highest BCUT2D eigenvalue weighted by atomic mass is 16.5. The summed E-state index contributed by atoms with van der Waals surface area (Å²) in [4.78, 5) is 20.8. The molecular weight excluding hydrogens is 340 g/mol. The molecule has 0 fully saturated rings. The Kier molecular flexibility index (Phi) is 5.99. The van der Waals surface area contributed by atoms with E-state index in [2.05, 4.69) is 20.6 Å². The monoisotopic (exact) mass is 362 g/mol. The van der Waals surface area contributed by atoms with Crippen molar-refractivity contribution in [3.63, 3.8) is 0 Å². The van der Waals surface area contributed by atoms with Gasteiger partial charge in [0.15, 0.2) is 0 Å². The molecule has 1 amide bonds. The lowest BCUT2D eigenvalue weighted by Crippen LogP contribution is -2.26. The number of methoxy groups -OCH3 is 1. The maximum atomic E-state index is 12.3. The van der Waals surface area contributed by atoms with Crippen molar-refractivity contribution >= 4 is 17.5 Å². The second kappa shape index (κ2) is 8.80. The molecule has 0 saturated heterocycles. The summed E-state index contributed by atoms with van der Waals surface area (Å²) >= 11 is 0. The molecule has 3 aromatic rings. The standard InChI is InChI=1S/C21H22N4O2/c1-15-4-3-5-17(14-15)24-21-23-13-11-19(25-21)20(26)22-12-10-16-6-8-18(27-2)9-7-16/h3-9,11,13-14H,10,12H2,1-2H3,(H,22,26)(H,23,24,25). The van der Waals surface area contributed by atoms with Crippen LogP contribution in [0.2, 0.25) is 0 Å². The van der Waals surface area contributed by atoms with E-state index >= 15 is 0 Å². The highest BCUT2D eigenvalue weighted by Gasteiger charge is 2.09. The average molecular weight is 362 g/mol. The number of amides is 1. The first-order chi connectivity index (χ1) is 13.1. The van der Waals surface area contributed by atoms with Crippen LogP contribution in [0.1, 0.15) is 21.6 Å². The molecule has 3 rings (SSSR count). The van der Waals surface area contributed by atoms with Crippen molar-refractivity contribution in [3.8, 4) is 5.75 Å². The molecule has 0 saturated carbocycles. The Balaban J connectivity index is 1.56. The zero-order valence-electron chi connectivity index (χ0n) is 15.4. The predicted octanol–water partition coefficient (Wildman–Crippen LogP) is 3.51. The molecule has 2 aromatic carbocycles. The van der Waals surface area contributed by atoms with Gasteiger partial charge in [0, 0.05) is 18.4 Å². The Labute approximate surface area is 158 Å². The molecule has 138 valence electrons. The Bertz CT molecular complexity index is 910. The summed E-state index contributed by atoms with van der Waals surface area (Å²) in [6.07, 6.45) is 2.30. The molecule has 0 unspecified atom stereocenters. The molecule has 6 nitrogen and oxygen atoms in total. The molecule has 2 N–H and O–H groups in total. The number of aromatic nitrogens is 2. The summed E-state index contributed by atoms with van der Waals surface area (Å²) < 4.78 is 5.14. The van der Waals surface area contributed by atoms with Gasteiger partial charge in [-0.15, -0.1) is 0 Å². The van der Waals surface area contributed by atoms with Gasteiger partial charge in [-0.25, -0.2) is 9.97 Å². The van der Waals surface area contributed by atoms with Crippen LogP contribution < -0.4 is 15.4 Å². The van der Waals surface area contributed by atoms with Gasteiger partial charge >= 0.3 is 0 Å². The zero-order chi connectivity index (χ0) is 19.1. The van der Waals surface area contributed by atoms with E-state index in [1.807, 2.05) is 55.5 Å². The minimum absolute atomic E-state index is 0.224. The number of rotatable bonds is 7. The van der Waals surface area contributed by atoms with E-state index in [4.69, 9.17) is 4.74 Å². The van der Waals surface area contributed by atoms with Crippen LogP contribution in [0, 0.1) is 6.92 Å². The van der Waals surface area contributed by atoms with E-state index in [0.29, 0.717) is 18.2 Å². The maximum Gasteiger partial charge on any atom is 0.270 e. The van der Waals surface area contributed by atoms with Crippen molar-refractivity contribution in [2.45, 2.75) is 13.3 Å². The second-order valence-corrected chi connectivity index (χ2v) is 6.11. The van der Waals surface area contributed by atoms with Gasteiger partial charge in [-0.3, -0.25) is 4.79 Å². The number of nitrogens with zero attached hydrogens (tertiary/aromatic N) is 2. The summed E-state index contributed by atoms with van der Waals surface area (Å²) in [6.45, 7) is 2.54. The molecule has 0 spiro atoms. The lowest BCUT2D eigenvalue weighted by atomic mass is 10.1. The van der Waals surface area contributed by atoms with Crippen LogP contribution in [0.4, 0.5) is 11.6 Å². The molecule has 0 aliphatic heterocycles. The number of carbonyl (C=O) groups excluding carboxylic acids is 1. The molecule has 0 radical (unpaired) electrons. The van der Waals surface area contributed by atoms with E-state index in [1.54, 1.807) is 19.4 Å². The third-order valence-corrected chi connectivity index (χ3v) is 4.02. The van der Waals surface area contributed by atoms with Crippen LogP contribution in [-0.4, -0.2) is 29.5 Å². The van der Waals surface area contributed by atoms with Gasteiger partial charge in [-0.05, 0) is 54.8 Å². The molecule has 0 atom stereocenters. The summed E-state index contributed by atoms with van der Waals surface area (Å²) in [5, 5.41) is 6.01. The third-order valence-electron chi connectivity index (χ3n) is 4.02. The van der Waals surface area contributed by atoms with Crippen molar-refractivity contribution in [3.05, 3.63) is 77.6 Å². The van der Waals surface area contributed by atoms with E-state index in [9.17, 15) is 4.79 Å². The fourth-order valence-corrected chi connectivity index (χ4v) is 2.60. The van der Waals surface area contributed by atoms with Crippen LogP contribution in [-0.2, 0) is 6.42 Å². The quantitative estimate of drug-likeness (QED) is 0.673. The summed E-state index contributed by atoms with van der Waals surface area (Å²) in [5.74, 6) is 0.985. The minimum atomic E-state index is -0.224. The van der Waals surface area contributed by atoms with Crippen LogP contribution in [0.15, 0.2) is 60.8 Å². The number of aryl methyl sites for hydroxylation is 1. The first-order valence-corrected chi connectivity index (χ1v) is 8.72. The van der Waals surface area contributed by atoms with Gasteiger partial charge in [0.05, 0.1) is 7.11 Å². The third kappa shape index (κ3) is 5.28. The van der Waals surface area contributed by atoms with Crippen LogP contribution in [0.25, 0.3) is 0 Å². The van der Waals surface area contributed by atoms with Gasteiger partial charge < -0.3 is 15.4 Å². The predicted molar refractivity (Wildman–Crippen MR) is 106 cm³/mol. The number of benzene rings is 2. The van der Waals surface area contributed by atoms with E-state index in [-0.39, 0.29) is 5.91 Å². The molecule has 6 heteroatoms. The topological polar surface area (TPSA) is 76.1 Å². The van der Waals surface area contributed by atoms with Gasteiger partial charge in [-0.2, -0.15) is 0 Å².